The molecule has 0 aromatic heterocycles. The minimum absolute atomic E-state index is 0.118. The third-order valence-corrected chi connectivity index (χ3v) is 3.26. The first-order valence-electron chi connectivity index (χ1n) is 5.14. The van der Waals surface area contributed by atoms with Gasteiger partial charge < -0.3 is 10.1 Å². The lowest BCUT2D eigenvalue weighted by molar-refractivity contribution is -0.142. The highest BCUT2D eigenvalue weighted by molar-refractivity contribution is 8.14. The van der Waals surface area contributed by atoms with Gasteiger partial charge in [0.2, 0.25) is 0 Å². The molecular formula is C10H18N2O2S. The quantitative estimate of drug-likeness (QED) is 0.742. The average Bonchev–Trinajstić information content (AvgIpc) is 2.46. The van der Waals surface area contributed by atoms with Crippen molar-refractivity contribution in [3.63, 3.8) is 0 Å². The van der Waals surface area contributed by atoms with Crippen molar-refractivity contribution in [1.29, 1.82) is 0 Å². The van der Waals surface area contributed by atoms with Crippen molar-refractivity contribution >= 4 is 22.9 Å². The van der Waals surface area contributed by atoms with Gasteiger partial charge in [-0.05, 0) is 20.8 Å². The Balaban J connectivity index is 2.25. The molecule has 1 aliphatic rings. The minimum Gasteiger partial charge on any atom is -0.466 e. The Hall–Kier alpha value is -0.710. The van der Waals surface area contributed by atoms with Crippen molar-refractivity contribution in [1.82, 2.24) is 5.32 Å². The molecule has 0 saturated carbocycles. The van der Waals surface area contributed by atoms with Crippen molar-refractivity contribution in [2.45, 2.75) is 32.7 Å². The van der Waals surface area contributed by atoms with E-state index in [1.807, 2.05) is 0 Å². The molecule has 0 atom stereocenters. The predicted octanol–water partition coefficient (Wildman–Crippen LogP) is 1.41. The molecule has 0 unspecified atom stereocenters. The maximum absolute atomic E-state index is 11.0. The summed E-state index contributed by atoms with van der Waals surface area (Å²) < 4.78 is 4.81. The Bertz CT molecular complexity index is 264. The summed E-state index contributed by atoms with van der Waals surface area (Å²) in [5, 5.41) is 4.23. The van der Waals surface area contributed by atoms with Crippen LogP contribution in [0.25, 0.3) is 0 Å². The first-order chi connectivity index (χ1) is 7.03. The maximum Gasteiger partial charge on any atom is 0.307 e. The smallest absolute Gasteiger partial charge is 0.307 e. The van der Waals surface area contributed by atoms with Crippen molar-refractivity contribution in [2.75, 3.05) is 18.9 Å². The van der Waals surface area contributed by atoms with E-state index in [1.165, 1.54) is 0 Å². The van der Waals surface area contributed by atoms with Crippen LogP contribution in [0, 0.1) is 0 Å². The lowest BCUT2D eigenvalue weighted by Gasteiger charge is -2.15. The Morgan fingerprint density at radius 1 is 1.67 bits per heavy atom. The van der Waals surface area contributed by atoms with Crippen LogP contribution in [0.15, 0.2) is 4.99 Å². The van der Waals surface area contributed by atoms with Crippen LogP contribution >= 0.6 is 11.8 Å². The molecule has 1 rings (SSSR count). The van der Waals surface area contributed by atoms with E-state index in [4.69, 9.17) is 4.74 Å². The van der Waals surface area contributed by atoms with Crippen LogP contribution < -0.4 is 5.32 Å². The van der Waals surface area contributed by atoms with Gasteiger partial charge in [-0.25, -0.2) is 0 Å². The zero-order valence-corrected chi connectivity index (χ0v) is 10.3. The molecule has 5 heteroatoms. The van der Waals surface area contributed by atoms with Gasteiger partial charge in [-0.15, -0.1) is 0 Å². The number of carbonyl (C=O) groups excluding carboxylic acids is 1. The molecule has 0 spiro atoms. The van der Waals surface area contributed by atoms with E-state index in [-0.39, 0.29) is 11.5 Å². The van der Waals surface area contributed by atoms with E-state index in [2.05, 4.69) is 24.2 Å². The predicted molar refractivity (Wildman–Crippen MR) is 63.2 cm³/mol. The summed E-state index contributed by atoms with van der Waals surface area (Å²) in [6, 6.07) is 0. The number of thioether (sulfide) groups is 1. The van der Waals surface area contributed by atoms with Gasteiger partial charge in [-0.1, -0.05) is 11.8 Å². The van der Waals surface area contributed by atoms with Gasteiger partial charge in [0.25, 0.3) is 0 Å². The largest absolute Gasteiger partial charge is 0.466 e. The molecule has 1 heterocycles. The number of rotatable bonds is 4. The standard InChI is InChI=1S/C10H18N2O2S/c1-4-14-8(13)5-6-11-9-12-10(2,3)7-15-9/h4-7H2,1-3H3,(H,11,12). The lowest BCUT2D eigenvalue weighted by atomic mass is 10.1. The third kappa shape index (κ3) is 4.55. The lowest BCUT2D eigenvalue weighted by Crippen LogP contribution is -2.36. The highest BCUT2D eigenvalue weighted by atomic mass is 32.2. The molecule has 4 nitrogen and oxygen atoms in total. The Morgan fingerprint density at radius 2 is 2.40 bits per heavy atom. The van der Waals surface area contributed by atoms with Crippen molar-refractivity contribution < 1.29 is 9.53 Å². The zero-order valence-electron chi connectivity index (χ0n) is 9.50. The monoisotopic (exact) mass is 230 g/mol. The fourth-order valence-electron chi connectivity index (χ4n) is 1.18. The molecule has 1 N–H and O–H groups in total. The summed E-state index contributed by atoms with van der Waals surface area (Å²) in [5.74, 6) is 0.842. The summed E-state index contributed by atoms with van der Waals surface area (Å²) in [6.45, 7) is 7.02. The topological polar surface area (TPSA) is 50.7 Å². The molecular weight excluding hydrogens is 212 g/mol. The van der Waals surface area contributed by atoms with E-state index in [9.17, 15) is 4.79 Å². The number of nitrogens with one attached hydrogen (secondary N) is 1. The second-order valence-electron chi connectivity index (χ2n) is 4.04. The molecule has 1 saturated heterocycles. The van der Waals surface area contributed by atoms with Crippen LogP contribution in [0.4, 0.5) is 0 Å². The molecule has 0 aromatic rings. The first kappa shape index (κ1) is 12.4. The highest BCUT2D eigenvalue weighted by Gasteiger charge is 2.26. The number of carbonyl (C=O) groups is 1. The Kier molecular flexibility index (Phi) is 4.45. The molecule has 15 heavy (non-hydrogen) atoms. The number of hydrogen-bond donors (Lipinski definition) is 1. The van der Waals surface area contributed by atoms with Crippen molar-refractivity contribution in [2.24, 2.45) is 4.99 Å². The molecule has 0 aliphatic carbocycles. The Labute approximate surface area is 94.9 Å². The first-order valence-corrected chi connectivity index (χ1v) is 6.13. The normalized spacial score (nSPS) is 21.4. The molecule has 0 bridgehead atoms. The third-order valence-electron chi connectivity index (χ3n) is 1.89. The molecule has 1 aliphatic heterocycles. The number of nitrogens with zero attached hydrogens (tertiary/aromatic N) is 1. The molecule has 0 radical (unpaired) electrons. The van der Waals surface area contributed by atoms with Gasteiger partial charge in [0, 0.05) is 11.3 Å². The summed E-state index contributed by atoms with van der Waals surface area (Å²) in [4.78, 5) is 15.3. The van der Waals surface area contributed by atoms with Gasteiger partial charge in [0.1, 0.15) is 0 Å². The van der Waals surface area contributed by atoms with E-state index in [0.717, 1.165) is 10.9 Å². The molecule has 1 fully saturated rings. The fraction of sp³-hybridized carbons (Fsp3) is 0.800. The Morgan fingerprint density at radius 3 is 2.93 bits per heavy atom. The number of aliphatic imine (C=N–C) groups is 1. The van der Waals surface area contributed by atoms with Crippen molar-refractivity contribution in [3.8, 4) is 0 Å². The molecule has 86 valence electrons. The van der Waals surface area contributed by atoms with E-state index in [0.29, 0.717) is 19.6 Å². The van der Waals surface area contributed by atoms with E-state index in [1.54, 1.807) is 18.7 Å². The molecule has 0 aromatic carbocycles. The average molecular weight is 230 g/mol. The second kappa shape index (κ2) is 5.39. The maximum atomic E-state index is 11.0. The second-order valence-corrected chi connectivity index (χ2v) is 5.00. The van der Waals surface area contributed by atoms with Gasteiger partial charge in [-0.3, -0.25) is 9.79 Å². The van der Waals surface area contributed by atoms with Gasteiger partial charge in [-0.2, -0.15) is 0 Å². The van der Waals surface area contributed by atoms with Gasteiger partial charge in [0.05, 0.1) is 19.6 Å². The van der Waals surface area contributed by atoms with Crippen LogP contribution in [0.1, 0.15) is 27.2 Å². The van der Waals surface area contributed by atoms with E-state index < -0.39 is 0 Å². The number of ether oxygens (including phenoxy) is 1. The van der Waals surface area contributed by atoms with Crippen LogP contribution in [0.5, 0.6) is 0 Å². The van der Waals surface area contributed by atoms with Crippen LogP contribution in [0.3, 0.4) is 0 Å². The number of esters is 1. The fourth-order valence-corrected chi connectivity index (χ4v) is 2.28. The van der Waals surface area contributed by atoms with Crippen LogP contribution in [-0.4, -0.2) is 35.6 Å². The van der Waals surface area contributed by atoms with Gasteiger partial charge >= 0.3 is 5.97 Å². The van der Waals surface area contributed by atoms with Crippen LogP contribution in [-0.2, 0) is 9.53 Å². The summed E-state index contributed by atoms with van der Waals surface area (Å²) in [6.07, 6.45) is 0.361. The highest BCUT2D eigenvalue weighted by Crippen LogP contribution is 2.21. The summed E-state index contributed by atoms with van der Waals surface area (Å²) >= 11 is 1.70. The number of amidine groups is 1. The number of hydrogen-bond acceptors (Lipinski definition) is 4. The SMILES string of the molecule is CCOC(=O)CCN=C1NC(C)(C)CS1. The van der Waals surface area contributed by atoms with Crippen molar-refractivity contribution in [3.05, 3.63) is 0 Å². The van der Waals surface area contributed by atoms with Crippen LogP contribution in [0.2, 0.25) is 0 Å². The zero-order chi connectivity index (χ0) is 11.3. The molecule has 0 amide bonds. The summed E-state index contributed by atoms with van der Waals surface area (Å²) in [7, 11) is 0. The van der Waals surface area contributed by atoms with E-state index >= 15 is 0 Å². The minimum atomic E-state index is -0.177. The summed E-state index contributed by atoms with van der Waals surface area (Å²) in [5.41, 5.74) is 0.118. The van der Waals surface area contributed by atoms with Gasteiger partial charge in [0.15, 0.2) is 5.17 Å².